The third-order valence-electron chi connectivity index (χ3n) is 2.50. The summed E-state index contributed by atoms with van der Waals surface area (Å²) in [4.78, 5) is 16.9. The molecular formula is C14H16N2O2S. The van der Waals surface area contributed by atoms with Crippen LogP contribution in [0.4, 0.5) is 0 Å². The number of Topliss-reactive ketones (excluding diaryl/α,β-unsaturated/α-hetero) is 1. The minimum atomic E-state index is 0.147. The van der Waals surface area contributed by atoms with Gasteiger partial charge in [0.15, 0.2) is 5.82 Å². The van der Waals surface area contributed by atoms with Crippen molar-refractivity contribution in [3.63, 3.8) is 0 Å². The Bertz CT molecular complexity index is 525. The van der Waals surface area contributed by atoms with E-state index in [0.717, 1.165) is 11.3 Å². The van der Waals surface area contributed by atoms with Crippen LogP contribution in [0.5, 0.6) is 0 Å². The highest BCUT2D eigenvalue weighted by Gasteiger charge is 2.10. The summed E-state index contributed by atoms with van der Waals surface area (Å²) in [5.41, 5.74) is 0. The molecular weight excluding hydrogens is 260 g/mol. The van der Waals surface area contributed by atoms with Gasteiger partial charge in [0.2, 0.25) is 5.89 Å². The molecule has 19 heavy (non-hydrogen) atoms. The molecule has 0 bridgehead atoms. The lowest BCUT2D eigenvalue weighted by atomic mass is 10.2. The first kappa shape index (κ1) is 13.8. The predicted molar refractivity (Wildman–Crippen MR) is 73.9 cm³/mol. The molecule has 0 atom stereocenters. The normalized spacial score (nSPS) is 10.6. The Hall–Kier alpha value is -1.62. The zero-order valence-corrected chi connectivity index (χ0v) is 11.7. The maximum absolute atomic E-state index is 11.5. The summed E-state index contributed by atoms with van der Waals surface area (Å²) in [6.45, 7) is 1.98. The van der Waals surface area contributed by atoms with Gasteiger partial charge in [-0.05, 0) is 18.6 Å². The molecule has 1 aromatic carbocycles. The number of carbonyl (C=O) groups excluding carboxylic acids is 1. The molecule has 0 unspecified atom stereocenters. The highest BCUT2D eigenvalue weighted by Crippen LogP contribution is 2.20. The average molecular weight is 276 g/mol. The van der Waals surface area contributed by atoms with Crippen LogP contribution in [0, 0.1) is 0 Å². The minimum absolute atomic E-state index is 0.147. The lowest BCUT2D eigenvalue weighted by Crippen LogP contribution is -2.02. The Kier molecular flexibility index (Phi) is 5.15. The molecule has 0 aliphatic heterocycles. The summed E-state index contributed by atoms with van der Waals surface area (Å²) in [6, 6.07) is 10.0. The third kappa shape index (κ3) is 4.52. The van der Waals surface area contributed by atoms with E-state index in [0.29, 0.717) is 23.9 Å². The van der Waals surface area contributed by atoms with Gasteiger partial charge in [-0.25, -0.2) is 0 Å². The van der Waals surface area contributed by atoms with Crippen molar-refractivity contribution in [2.24, 2.45) is 0 Å². The van der Waals surface area contributed by atoms with E-state index in [2.05, 4.69) is 10.1 Å². The number of hydrogen-bond donors (Lipinski definition) is 0. The molecule has 1 heterocycles. The van der Waals surface area contributed by atoms with Crippen LogP contribution in [0.2, 0.25) is 0 Å². The SMILES string of the molecule is CCCC(=O)Cc1nc(CSc2ccccc2)no1. The Morgan fingerprint density at radius 1 is 1.32 bits per heavy atom. The number of rotatable bonds is 7. The van der Waals surface area contributed by atoms with Crippen LogP contribution < -0.4 is 0 Å². The zero-order chi connectivity index (χ0) is 13.5. The van der Waals surface area contributed by atoms with E-state index in [9.17, 15) is 4.79 Å². The Morgan fingerprint density at radius 3 is 2.84 bits per heavy atom. The second-order valence-electron chi connectivity index (χ2n) is 4.17. The second kappa shape index (κ2) is 7.09. The van der Waals surface area contributed by atoms with Crippen LogP contribution >= 0.6 is 11.8 Å². The number of hydrogen-bond acceptors (Lipinski definition) is 5. The van der Waals surface area contributed by atoms with Gasteiger partial charge in [-0.3, -0.25) is 4.79 Å². The zero-order valence-electron chi connectivity index (χ0n) is 10.8. The van der Waals surface area contributed by atoms with Crippen LogP contribution in [-0.4, -0.2) is 15.9 Å². The lowest BCUT2D eigenvalue weighted by Gasteiger charge is -1.96. The highest BCUT2D eigenvalue weighted by molar-refractivity contribution is 7.98. The number of aromatic nitrogens is 2. The number of nitrogens with zero attached hydrogens (tertiary/aromatic N) is 2. The van der Waals surface area contributed by atoms with Crippen LogP contribution in [0.3, 0.4) is 0 Å². The van der Waals surface area contributed by atoms with Crippen LogP contribution in [-0.2, 0) is 17.0 Å². The van der Waals surface area contributed by atoms with Gasteiger partial charge < -0.3 is 4.52 Å². The largest absolute Gasteiger partial charge is 0.339 e. The molecule has 0 N–H and O–H groups in total. The Labute approximate surface area is 116 Å². The molecule has 2 rings (SSSR count). The Balaban J connectivity index is 1.85. The first-order chi connectivity index (χ1) is 9.28. The lowest BCUT2D eigenvalue weighted by molar-refractivity contribution is -0.118. The summed E-state index contributed by atoms with van der Waals surface area (Å²) in [5.74, 6) is 1.85. The van der Waals surface area contributed by atoms with Gasteiger partial charge >= 0.3 is 0 Å². The van der Waals surface area contributed by atoms with Crippen LogP contribution in [0.1, 0.15) is 31.5 Å². The van der Waals surface area contributed by atoms with Gasteiger partial charge in [0.25, 0.3) is 0 Å². The predicted octanol–water partition coefficient (Wildman–Crippen LogP) is 3.27. The molecule has 0 fully saturated rings. The van der Waals surface area contributed by atoms with E-state index in [-0.39, 0.29) is 12.2 Å². The summed E-state index contributed by atoms with van der Waals surface area (Å²) in [6.07, 6.45) is 1.66. The highest BCUT2D eigenvalue weighted by atomic mass is 32.2. The van der Waals surface area contributed by atoms with E-state index in [1.54, 1.807) is 11.8 Å². The van der Waals surface area contributed by atoms with Crippen LogP contribution in [0.15, 0.2) is 39.8 Å². The second-order valence-corrected chi connectivity index (χ2v) is 5.22. The summed E-state index contributed by atoms with van der Waals surface area (Å²) in [5, 5.41) is 3.89. The number of ketones is 1. The topological polar surface area (TPSA) is 56.0 Å². The molecule has 5 heteroatoms. The first-order valence-corrected chi connectivity index (χ1v) is 7.27. The molecule has 0 amide bonds. The molecule has 0 aliphatic carbocycles. The molecule has 4 nitrogen and oxygen atoms in total. The van der Waals surface area contributed by atoms with Gasteiger partial charge in [0.05, 0.1) is 12.2 Å². The van der Waals surface area contributed by atoms with E-state index in [1.807, 2.05) is 37.3 Å². The van der Waals surface area contributed by atoms with Crippen molar-refractivity contribution < 1.29 is 9.32 Å². The third-order valence-corrected chi connectivity index (χ3v) is 3.51. The summed E-state index contributed by atoms with van der Waals surface area (Å²) in [7, 11) is 0. The number of thioether (sulfide) groups is 1. The summed E-state index contributed by atoms with van der Waals surface area (Å²) >= 11 is 1.65. The van der Waals surface area contributed by atoms with Gasteiger partial charge in [0.1, 0.15) is 5.78 Å². The van der Waals surface area contributed by atoms with E-state index in [4.69, 9.17) is 4.52 Å². The molecule has 100 valence electrons. The maximum atomic E-state index is 11.5. The molecule has 1 aromatic heterocycles. The number of carbonyl (C=O) groups is 1. The van der Waals surface area contributed by atoms with E-state index < -0.39 is 0 Å². The molecule has 2 aromatic rings. The number of benzene rings is 1. The fourth-order valence-corrected chi connectivity index (χ4v) is 2.38. The van der Waals surface area contributed by atoms with Crippen molar-refractivity contribution in [3.8, 4) is 0 Å². The Morgan fingerprint density at radius 2 is 2.11 bits per heavy atom. The van der Waals surface area contributed by atoms with Gasteiger partial charge in [-0.15, -0.1) is 11.8 Å². The maximum Gasteiger partial charge on any atom is 0.234 e. The summed E-state index contributed by atoms with van der Waals surface area (Å²) < 4.78 is 5.07. The van der Waals surface area contributed by atoms with Crippen LogP contribution in [0.25, 0.3) is 0 Å². The molecule has 0 saturated carbocycles. The standard InChI is InChI=1S/C14H16N2O2S/c1-2-6-11(17)9-14-15-13(16-18-14)10-19-12-7-4-3-5-8-12/h3-5,7-8H,2,6,9-10H2,1H3. The van der Waals surface area contributed by atoms with Gasteiger partial charge in [-0.1, -0.05) is 30.3 Å². The molecule has 0 radical (unpaired) electrons. The molecule has 0 aliphatic rings. The fraction of sp³-hybridized carbons (Fsp3) is 0.357. The molecule has 0 spiro atoms. The smallest absolute Gasteiger partial charge is 0.234 e. The van der Waals surface area contributed by atoms with Crippen molar-refractivity contribution >= 4 is 17.5 Å². The first-order valence-electron chi connectivity index (χ1n) is 6.29. The monoisotopic (exact) mass is 276 g/mol. The van der Waals surface area contributed by atoms with Gasteiger partial charge in [0, 0.05) is 11.3 Å². The average Bonchev–Trinajstić information content (AvgIpc) is 2.85. The van der Waals surface area contributed by atoms with Crippen molar-refractivity contribution in [1.29, 1.82) is 0 Å². The van der Waals surface area contributed by atoms with Gasteiger partial charge in [-0.2, -0.15) is 4.98 Å². The fourth-order valence-electron chi connectivity index (χ4n) is 1.62. The quantitative estimate of drug-likeness (QED) is 0.726. The van der Waals surface area contributed by atoms with Crippen molar-refractivity contribution in [3.05, 3.63) is 42.0 Å². The van der Waals surface area contributed by atoms with E-state index >= 15 is 0 Å². The molecule has 0 saturated heterocycles. The van der Waals surface area contributed by atoms with E-state index in [1.165, 1.54) is 0 Å². The van der Waals surface area contributed by atoms with Crippen molar-refractivity contribution in [2.75, 3.05) is 0 Å². The van der Waals surface area contributed by atoms with Crippen molar-refractivity contribution in [1.82, 2.24) is 10.1 Å². The van der Waals surface area contributed by atoms with Crippen molar-refractivity contribution in [2.45, 2.75) is 36.8 Å². The minimum Gasteiger partial charge on any atom is -0.339 e.